The number of carbonyl (C=O) groups is 5. The van der Waals surface area contributed by atoms with Gasteiger partial charge in [-0.2, -0.15) is 0 Å². The quantitative estimate of drug-likeness (QED) is 0.585. The van der Waals surface area contributed by atoms with Gasteiger partial charge in [0.2, 0.25) is 11.8 Å². The summed E-state index contributed by atoms with van der Waals surface area (Å²) in [5, 5.41) is 4.98. The monoisotopic (exact) mass is 485 g/mol. The van der Waals surface area contributed by atoms with Gasteiger partial charge in [0.25, 0.3) is 11.8 Å². The Balaban J connectivity index is 1.38. The van der Waals surface area contributed by atoms with Crippen LogP contribution in [0.1, 0.15) is 54.3 Å². The zero-order valence-corrected chi connectivity index (χ0v) is 20.3. The van der Waals surface area contributed by atoms with E-state index in [1.807, 2.05) is 26.8 Å². The van der Waals surface area contributed by atoms with Crippen molar-refractivity contribution in [1.29, 1.82) is 0 Å². The second-order valence-electron chi connectivity index (χ2n) is 9.90. The Kier molecular flexibility index (Phi) is 6.79. The van der Waals surface area contributed by atoms with E-state index < -0.39 is 41.4 Å². The minimum absolute atomic E-state index is 0.0847. The molecule has 5 amide bonds. The van der Waals surface area contributed by atoms with E-state index in [-0.39, 0.29) is 18.4 Å². The summed E-state index contributed by atoms with van der Waals surface area (Å²) < 4.78 is 5.25. The molecular formula is C24H31N5O6. The molecule has 35 heavy (non-hydrogen) atoms. The van der Waals surface area contributed by atoms with Crippen molar-refractivity contribution in [3.63, 3.8) is 0 Å². The Hall–Kier alpha value is -3.47. The molecule has 3 aliphatic heterocycles. The molecular weight excluding hydrogens is 454 g/mol. The van der Waals surface area contributed by atoms with Gasteiger partial charge in [-0.15, -0.1) is 0 Å². The Morgan fingerprint density at radius 2 is 1.80 bits per heavy atom. The number of imide groups is 2. The molecule has 1 aromatic rings. The molecule has 0 radical (unpaired) electrons. The minimum Gasteiger partial charge on any atom is -0.444 e. The van der Waals surface area contributed by atoms with Crippen LogP contribution in [0, 0.1) is 0 Å². The normalized spacial score (nSPS) is 21.2. The first-order valence-corrected chi connectivity index (χ1v) is 11.8. The van der Waals surface area contributed by atoms with Crippen LogP contribution in [0.15, 0.2) is 18.2 Å². The highest BCUT2D eigenvalue weighted by Gasteiger charge is 2.46. The third-order valence-electron chi connectivity index (χ3n) is 6.26. The summed E-state index contributed by atoms with van der Waals surface area (Å²) in [5.74, 6) is -2.03. The number of ether oxygens (including phenoxy) is 1. The summed E-state index contributed by atoms with van der Waals surface area (Å²) >= 11 is 0. The summed E-state index contributed by atoms with van der Waals surface area (Å²) in [6.07, 6.45) is -0.233. The molecule has 1 atom stereocenters. The van der Waals surface area contributed by atoms with E-state index in [0.717, 1.165) is 18.0 Å². The highest BCUT2D eigenvalue weighted by molar-refractivity contribution is 6.25. The van der Waals surface area contributed by atoms with Crippen molar-refractivity contribution in [3.05, 3.63) is 29.3 Å². The lowest BCUT2D eigenvalue weighted by Crippen LogP contribution is -2.54. The smallest absolute Gasteiger partial charge is 0.407 e. The molecule has 3 aliphatic rings. The third-order valence-corrected chi connectivity index (χ3v) is 6.26. The number of carbonyl (C=O) groups excluding carboxylic acids is 5. The van der Waals surface area contributed by atoms with Crippen molar-refractivity contribution in [2.24, 2.45) is 0 Å². The van der Waals surface area contributed by atoms with Gasteiger partial charge < -0.3 is 15.0 Å². The molecule has 4 rings (SSSR count). The standard InChI is InChI=1S/C24H31N5O6/c1-24(2,3)35-23(34)25-9-10-27-11-13-28(14-12-27)16-6-4-5-15-19(16)22(33)29(21(15)32)17-7-8-18(30)26-20(17)31/h4-6,17H,7-14H2,1-3H3,(H,25,34)(H,26,30,31). The number of piperidine rings is 1. The van der Waals surface area contributed by atoms with E-state index in [2.05, 4.69) is 20.4 Å². The topological polar surface area (TPSA) is 128 Å². The summed E-state index contributed by atoms with van der Waals surface area (Å²) in [4.78, 5) is 67.3. The molecule has 188 valence electrons. The molecule has 2 fully saturated rings. The molecule has 1 unspecified atom stereocenters. The van der Waals surface area contributed by atoms with E-state index in [0.29, 0.717) is 37.4 Å². The van der Waals surface area contributed by atoms with E-state index in [4.69, 9.17) is 4.74 Å². The number of hydrogen-bond donors (Lipinski definition) is 2. The molecule has 0 spiro atoms. The lowest BCUT2D eigenvalue weighted by molar-refractivity contribution is -0.136. The van der Waals surface area contributed by atoms with Gasteiger partial charge >= 0.3 is 6.09 Å². The molecule has 0 aromatic heterocycles. The Morgan fingerprint density at radius 3 is 2.46 bits per heavy atom. The predicted molar refractivity (Wildman–Crippen MR) is 126 cm³/mol. The van der Waals surface area contributed by atoms with E-state index in [9.17, 15) is 24.0 Å². The maximum absolute atomic E-state index is 13.3. The predicted octanol–water partition coefficient (Wildman–Crippen LogP) is 0.735. The van der Waals surface area contributed by atoms with E-state index in [1.165, 1.54) is 0 Å². The van der Waals surface area contributed by atoms with Gasteiger partial charge in [-0.25, -0.2) is 4.79 Å². The van der Waals surface area contributed by atoms with Gasteiger partial charge in [0, 0.05) is 45.7 Å². The average Bonchev–Trinajstić information content (AvgIpc) is 3.04. The molecule has 0 aliphatic carbocycles. The second-order valence-corrected chi connectivity index (χ2v) is 9.90. The number of nitrogens with zero attached hydrogens (tertiary/aromatic N) is 3. The van der Waals surface area contributed by atoms with Gasteiger partial charge in [-0.05, 0) is 39.3 Å². The van der Waals surface area contributed by atoms with Crippen LogP contribution in [-0.4, -0.2) is 90.4 Å². The van der Waals surface area contributed by atoms with Crippen molar-refractivity contribution in [3.8, 4) is 0 Å². The number of amides is 5. The molecule has 11 heteroatoms. The SMILES string of the molecule is CC(C)(C)OC(=O)NCCN1CCN(c2cccc3c2C(=O)N(C2CCC(=O)NC2=O)C3=O)CC1. The zero-order valence-electron chi connectivity index (χ0n) is 20.3. The third kappa shape index (κ3) is 5.29. The Morgan fingerprint density at radius 1 is 1.09 bits per heavy atom. The summed E-state index contributed by atoms with van der Waals surface area (Å²) in [7, 11) is 0. The van der Waals surface area contributed by atoms with Crippen LogP contribution in [0.4, 0.5) is 10.5 Å². The summed E-state index contributed by atoms with van der Waals surface area (Å²) in [6.45, 7) is 9.30. The summed E-state index contributed by atoms with van der Waals surface area (Å²) in [6, 6.07) is 4.17. The number of hydrogen-bond acceptors (Lipinski definition) is 8. The maximum atomic E-state index is 13.3. The number of benzene rings is 1. The number of piperazine rings is 1. The first kappa shape index (κ1) is 24.6. The number of alkyl carbamates (subject to hydrolysis) is 1. The Bertz CT molecular complexity index is 1060. The van der Waals surface area contributed by atoms with Crippen molar-refractivity contribution in [1.82, 2.24) is 20.4 Å². The first-order valence-electron chi connectivity index (χ1n) is 11.8. The van der Waals surface area contributed by atoms with Gasteiger partial charge in [-0.1, -0.05) is 6.07 Å². The molecule has 2 N–H and O–H groups in total. The fraction of sp³-hybridized carbons (Fsp3) is 0.542. The van der Waals surface area contributed by atoms with E-state index in [1.54, 1.807) is 12.1 Å². The lowest BCUT2D eigenvalue weighted by Gasteiger charge is -2.36. The van der Waals surface area contributed by atoms with Crippen molar-refractivity contribution in [2.75, 3.05) is 44.2 Å². The van der Waals surface area contributed by atoms with E-state index >= 15 is 0 Å². The van der Waals surface area contributed by atoms with Crippen LogP contribution in [0.5, 0.6) is 0 Å². The van der Waals surface area contributed by atoms with Crippen LogP contribution in [0.2, 0.25) is 0 Å². The maximum Gasteiger partial charge on any atom is 0.407 e. The lowest BCUT2D eigenvalue weighted by atomic mass is 10.0. The molecule has 11 nitrogen and oxygen atoms in total. The van der Waals surface area contributed by atoms with Gasteiger partial charge in [0.05, 0.1) is 16.8 Å². The van der Waals surface area contributed by atoms with Crippen LogP contribution < -0.4 is 15.5 Å². The molecule has 2 saturated heterocycles. The fourth-order valence-electron chi connectivity index (χ4n) is 4.60. The van der Waals surface area contributed by atoms with Crippen molar-refractivity contribution < 1.29 is 28.7 Å². The summed E-state index contributed by atoms with van der Waals surface area (Å²) in [5.41, 5.74) is 0.712. The molecule has 0 bridgehead atoms. The van der Waals surface area contributed by atoms with Crippen molar-refractivity contribution >= 4 is 35.4 Å². The largest absolute Gasteiger partial charge is 0.444 e. The second kappa shape index (κ2) is 9.65. The van der Waals surface area contributed by atoms with Gasteiger partial charge in [0.1, 0.15) is 11.6 Å². The van der Waals surface area contributed by atoms with Crippen LogP contribution in [0.3, 0.4) is 0 Å². The Labute approximate surface area is 203 Å². The average molecular weight is 486 g/mol. The zero-order chi connectivity index (χ0) is 25.3. The number of fused-ring (bicyclic) bond motifs is 1. The minimum atomic E-state index is -0.984. The highest BCUT2D eigenvalue weighted by Crippen LogP contribution is 2.34. The van der Waals surface area contributed by atoms with Crippen LogP contribution in [-0.2, 0) is 14.3 Å². The molecule has 0 saturated carbocycles. The number of nitrogens with one attached hydrogen (secondary N) is 2. The van der Waals surface area contributed by atoms with Crippen LogP contribution in [0.25, 0.3) is 0 Å². The fourth-order valence-corrected chi connectivity index (χ4v) is 4.60. The van der Waals surface area contributed by atoms with Crippen LogP contribution >= 0.6 is 0 Å². The van der Waals surface area contributed by atoms with Gasteiger partial charge in [-0.3, -0.25) is 34.3 Å². The number of rotatable bonds is 5. The molecule has 3 heterocycles. The van der Waals surface area contributed by atoms with Crippen molar-refractivity contribution in [2.45, 2.75) is 45.3 Å². The molecule has 1 aromatic carbocycles. The first-order chi connectivity index (χ1) is 16.5. The highest BCUT2D eigenvalue weighted by atomic mass is 16.6. The van der Waals surface area contributed by atoms with Gasteiger partial charge in [0.15, 0.2) is 0 Å². The number of anilines is 1.